The molecule has 7 heterocycles. The van der Waals surface area contributed by atoms with Crippen LogP contribution in [0.5, 0.6) is 34.5 Å². The summed E-state index contributed by atoms with van der Waals surface area (Å²) in [5.41, 5.74) is 6.36. The molecule has 4 saturated heterocycles. The molecule has 0 atom stereocenters. The van der Waals surface area contributed by atoms with Crippen molar-refractivity contribution in [3.63, 3.8) is 0 Å². The summed E-state index contributed by atoms with van der Waals surface area (Å²) in [6.45, 7) is 30.4. The van der Waals surface area contributed by atoms with Crippen LogP contribution in [0.1, 0.15) is 124 Å². The second kappa shape index (κ2) is 48.4. The van der Waals surface area contributed by atoms with Gasteiger partial charge in [0.1, 0.15) is 65.5 Å². The number of anilines is 3. The molecule has 33 nitrogen and oxygen atoms in total. The van der Waals surface area contributed by atoms with Crippen LogP contribution in [0.4, 0.5) is 41.0 Å². The van der Waals surface area contributed by atoms with E-state index in [1.54, 1.807) is 89.0 Å². The molecule has 129 heavy (non-hydrogen) atoms. The molecule has 4 aliphatic heterocycles. The van der Waals surface area contributed by atoms with Crippen molar-refractivity contribution in [2.75, 3.05) is 155 Å². The van der Waals surface area contributed by atoms with Gasteiger partial charge >= 0.3 is 37.4 Å². The fraction of sp³-hybridized carbons (Fsp3) is 0.468. The number of urea groups is 3. The number of methoxy groups -OCH3 is 3. The van der Waals surface area contributed by atoms with Crippen LogP contribution in [-0.2, 0) is 38.4 Å². The SMILES string of the molecule is CC(C)(C)OC(=O)n1cc(B2OC(C)(C)C(C)(C)O2)cn1.COc1cccc(CN(CCO)C(=O)Nc2ccc(-c3cn[nH]c3)cc2OCCN2CCCC2)c1.COc1cccc(CN(CCO)C(=O)Nc2ccc(-c3cnn(C(=O)OC(C)(C)C)c3)cc2OCCN2CCCC2)c1.COc1cccc(CN(CCO)C(=O)Nc2ccc(Br)cc2OCCN2CCCC2)c1. The van der Waals surface area contributed by atoms with Crippen LogP contribution in [0.25, 0.3) is 22.3 Å². The van der Waals surface area contributed by atoms with Crippen molar-refractivity contribution >= 4 is 75.9 Å². The van der Waals surface area contributed by atoms with E-state index in [4.69, 9.17) is 47.2 Å². The lowest BCUT2D eigenvalue weighted by molar-refractivity contribution is 0.00578. The lowest BCUT2D eigenvalue weighted by Crippen LogP contribution is -2.41. The Morgan fingerprint density at radius 3 is 1.20 bits per heavy atom. The number of aromatic amines is 1. The Morgan fingerprint density at radius 1 is 0.473 bits per heavy atom. The van der Waals surface area contributed by atoms with E-state index in [0.29, 0.717) is 84.0 Å². The number of amides is 6. The highest BCUT2D eigenvalue weighted by atomic mass is 79.9. The number of carbonyl (C=O) groups excluding carboxylic acids is 5. The van der Waals surface area contributed by atoms with Gasteiger partial charge in [0, 0.05) is 105 Å². The normalized spacial score (nSPS) is 14.8. The molecule has 3 aromatic heterocycles. The average molecular weight is 1850 g/mol. The third kappa shape index (κ3) is 31.3. The molecular weight excluding hydrogens is 1720 g/mol. The third-order valence-corrected chi connectivity index (χ3v) is 22.2. The minimum atomic E-state index is -0.643. The number of halogens is 1. The number of rotatable bonds is 33. The number of carbonyl (C=O) groups is 5. The number of likely N-dealkylation sites (tertiary alicyclic amines) is 3. The number of hydrogen-bond donors (Lipinski definition) is 7. The summed E-state index contributed by atoms with van der Waals surface area (Å²) in [6.07, 6.45) is 16.1. The van der Waals surface area contributed by atoms with E-state index in [2.05, 4.69) is 67.0 Å². The van der Waals surface area contributed by atoms with Gasteiger partial charge in [-0.2, -0.15) is 24.7 Å². The van der Waals surface area contributed by atoms with Gasteiger partial charge in [0.05, 0.1) is 81.8 Å². The van der Waals surface area contributed by atoms with Gasteiger partial charge in [0.2, 0.25) is 0 Å². The third-order valence-electron chi connectivity index (χ3n) is 21.8. The largest absolute Gasteiger partial charge is 0.498 e. The lowest BCUT2D eigenvalue weighted by Gasteiger charge is -2.32. The molecule has 4 aliphatic rings. The van der Waals surface area contributed by atoms with Crippen LogP contribution in [0.2, 0.25) is 0 Å². The summed E-state index contributed by atoms with van der Waals surface area (Å²) in [5.74, 6) is 3.85. The first-order valence-electron chi connectivity index (χ1n) is 43.7. The van der Waals surface area contributed by atoms with Crippen molar-refractivity contribution in [1.82, 2.24) is 59.2 Å². The molecule has 6 amide bonds. The molecule has 9 aromatic rings. The predicted octanol–water partition coefficient (Wildman–Crippen LogP) is 14.4. The minimum Gasteiger partial charge on any atom is -0.497 e. The van der Waals surface area contributed by atoms with Crippen LogP contribution in [-0.4, -0.2) is 274 Å². The number of aliphatic hydroxyl groups excluding tert-OH is 3. The van der Waals surface area contributed by atoms with E-state index in [1.165, 1.54) is 43.4 Å². The predicted molar refractivity (Wildman–Crippen MR) is 499 cm³/mol. The summed E-state index contributed by atoms with van der Waals surface area (Å²) in [6, 6.07) is 38.2. The molecule has 0 aliphatic carbocycles. The molecular formula is C94H127BBrN15O18. The topological polar surface area (TPSA) is 358 Å². The second-order valence-electron chi connectivity index (χ2n) is 34.5. The van der Waals surface area contributed by atoms with E-state index < -0.39 is 41.7 Å². The molecule has 0 saturated carbocycles. The highest BCUT2D eigenvalue weighted by Gasteiger charge is 2.52. The number of hydrogen-bond acceptors (Lipinski definition) is 24. The Hall–Kier alpha value is -11.3. The zero-order valence-corrected chi connectivity index (χ0v) is 78.1. The molecule has 13 rings (SSSR count). The minimum absolute atomic E-state index is 0.128. The van der Waals surface area contributed by atoms with Crippen molar-refractivity contribution < 1.29 is 86.5 Å². The molecule has 7 N–H and O–H groups in total. The average Bonchev–Trinajstić information content (AvgIpc) is 1.62. The van der Waals surface area contributed by atoms with Crippen LogP contribution < -0.4 is 49.8 Å². The summed E-state index contributed by atoms with van der Waals surface area (Å²) < 4.78 is 59.9. The summed E-state index contributed by atoms with van der Waals surface area (Å²) in [4.78, 5) is 75.7. The van der Waals surface area contributed by atoms with E-state index in [1.807, 2.05) is 176 Å². The van der Waals surface area contributed by atoms with Gasteiger partial charge in [-0.1, -0.05) is 64.5 Å². The first kappa shape index (κ1) is 99.9. The van der Waals surface area contributed by atoms with E-state index in [9.17, 15) is 39.3 Å². The van der Waals surface area contributed by atoms with Gasteiger partial charge in [0.25, 0.3) is 0 Å². The first-order chi connectivity index (χ1) is 61.8. The smallest absolute Gasteiger partial charge is 0.497 e. The van der Waals surface area contributed by atoms with Crippen molar-refractivity contribution in [1.29, 1.82) is 0 Å². The molecule has 4 fully saturated rings. The maximum Gasteiger partial charge on any atom is 0.498 e. The number of benzene rings is 6. The van der Waals surface area contributed by atoms with Crippen LogP contribution in [0.15, 0.2) is 169 Å². The van der Waals surface area contributed by atoms with E-state index >= 15 is 0 Å². The van der Waals surface area contributed by atoms with E-state index in [0.717, 1.165) is 118 Å². The Labute approximate surface area is 765 Å². The molecule has 35 heteroatoms. The number of nitrogens with one attached hydrogen (secondary N) is 4. The highest BCUT2D eigenvalue weighted by Crippen LogP contribution is 2.38. The van der Waals surface area contributed by atoms with E-state index in [-0.39, 0.29) is 64.1 Å². The molecule has 0 spiro atoms. The Morgan fingerprint density at radius 2 is 0.837 bits per heavy atom. The molecule has 0 unspecified atom stereocenters. The number of aromatic nitrogens is 6. The van der Waals surface area contributed by atoms with Gasteiger partial charge in [0.15, 0.2) is 0 Å². The maximum atomic E-state index is 13.4. The fourth-order valence-electron chi connectivity index (χ4n) is 14.3. The standard InChI is InChI=1S/C31H41N5O6.C26H33N5O4.C23H30BrN3O4.C14H23BN2O4/c1-31(2,3)42-30(39)36-22-25(20-32-36)24-10-11-27(28(19-24)41-17-15-34-12-5-6-13-34)33-29(38)35(14-16-37)21-23-8-7-9-26(18-23)40-4;1-34-23-6-4-5-20(15-23)19-31(11-13-32)26(33)29-24-8-7-21(22-17-27-28-18-22)16-25(24)35-14-12-30-9-2-3-10-30;1-30-20-6-4-5-18(15-20)17-27(11-13-28)23(29)25-21-8-7-19(24)16-22(21)31-14-12-26-9-2-3-10-26;1-12(2,3)19-11(18)17-9-10(8-16-17)15-20-13(4,5)14(6,7)21-15/h7-11,18-20,22,37H,5-6,12-17,21H2,1-4H3,(H,33,38);4-8,15-18,32H,2-3,9-14,19H2,1H3,(H,27,28)(H,29,33);4-8,15-16,28H,2-3,9-14,17H2,1H3,(H,25,29);8-9H,1-7H3. The first-order valence-corrected chi connectivity index (χ1v) is 44.5. The van der Waals surface area contributed by atoms with Gasteiger partial charge < -0.3 is 93.2 Å². The monoisotopic (exact) mass is 1840 g/mol. The van der Waals surface area contributed by atoms with Gasteiger partial charge in [-0.05, 0) is 254 Å². The van der Waals surface area contributed by atoms with Gasteiger partial charge in [-0.25, -0.2) is 24.0 Å². The second-order valence-corrected chi connectivity index (χ2v) is 35.4. The van der Waals surface area contributed by atoms with Gasteiger partial charge in [-0.15, -0.1) is 0 Å². The number of aliphatic hydroxyl groups is 3. The lowest BCUT2D eigenvalue weighted by atomic mass is 9.82. The number of ether oxygens (including phenoxy) is 8. The summed E-state index contributed by atoms with van der Waals surface area (Å²) in [5, 5.41) is 52.6. The van der Waals surface area contributed by atoms with Crippen LogP contribution in [0.3, 0.4) is 0 Å². The summed E-state index contributed by atoms with van der Waals surface area (Å²) in [7, 11) is 4.27. The molecule has 6 aromatic carbocycles. The Kier molecular flexibility index (Phi) is 37.5. The maximum absolute atomic E-state index is 13.4. The van der Waals surface area contributed by atoms with Crippen LogP contribution >= 0.6 is 15.9 Å². The summed E-state index contributed by atoms with van der Waals surface area (Å²) >= 11 is 3.47. The van der Waals surface area contributed by atoms with Crippen molar-refractivity contribution in [2.45, 2.75) is 150 Å². The van der Waals surface area contributed by atoms with Crippen molar-refractivity contribution in [3.8, 4) is 56.8 Å². The quantitative estimate of drug-likeness (QED) is 0.0188. The molecule has 0 bridgehead atoms. The Bertz CT molecular complexity index is 5030. The number of H-pyrrole nitrogens is 1. The Balaban J connectivity index is 0.000000183. The fourth-order valence-corrected chi connectivity index (χ4v) is 14.6. The van der Waals surface area contributed by atoms with Crippen molar-refractivity contribution in [2.24, 2.45) is 0 Å². The molecule has 0 radical (unpaired) electrons. The highest BCUT2D eigenvalue weighted by molar-refractivity contribution is 9.10. The zero-order valence-electron chi connectivity index (χ0n) is 76.5. The molecule has 696 valence electrons. The van der Waals surface area contributed by atoms with Gasteiger partial charge in [-0.3, -0.25) is 19.8 Å². The van der Waals surface area contributed by atoms with Crippen LogP contribution in [0, 0.1) is 0 Å². The van der Waals surface area contributed by atoms with Crippen molar-refractivity contribution in [3.05, 3.63) is 186 Å². The zero-order chi connectivity index (χ0) is 92.7. The number of nitrogens with zero attached hydrogens (tertiary/aromatic N) is 11.